The molecule has 3 aromatic rings. The number of benzene rings is 1. The van der Waals surface area contributed by atoms with Crippen molar-refractivity contribution in [2.75, 3.05) is 0 Å². The lowest BCUT2D eigenvalue weighted by molar-refractivity contribution is 0.176. The first-order chi connectivity index (χ1) is 11.1. The van der Waals surface area contributed by atoms with Gasteiger partial charge in [-0.2, -0.15) is 5.10 Å². The third-order valence-electron chi connectivity index (χ3n) is 4.20. The number of rotatable bonds is 4. The smallest absolute Gasteiger partial charge is 0.123 e. The second-order valence-electron chi connectivity index (χ2n) is 6.02. The molecule has 1 aromatic carbocycles. The summed E-state index contributed by atoms with van der Waals surface area (Å²) in [4.78, 5) is 0. The third kappa shape index (κ3) is 2.63. The van der Waals surface area contributed by atoms with Crippen molar-refractivity contribution in [1.29, 1.82) is 0 Å². The highest BCUT2D eigenvalue weighted by atomic mass is 19.1. The molecule has 0 saturated heterocycles. The van der Waals surface area contributed by atoms with Gasteiger partial charge in [0.05, 0.1) is 11.2 Å². The molecule has 0 saturated carbocycles. The van der Waals surface area contributed by atoms with E-state index in [-0.39, 0.29) is 18.3 Å². The third-order valence-corrected chi connectivity index (χ3v) is 4.20. The number of fused-ring (bicyclic) bond motifs is 1. The molecule has 0 spiro atoms. The number of aryl methyl sites for hydroxylation is 1. The topological polar surface area (TPSA) is 37.2 Å². The Hall–Kier alpha value is -2.20. The highest BCUT2D eigenvalue weighted by Crippen LogP contribution is 2.34. The van der Waals surface area contributed by atoms with E-state index in [1.807, 2.05) is 30.5 Å². The molecule has 0 amide bonds. The van der Waals surface area contributed by atoms with Gasteiger partial charge >= 0.3 is 0 Å². The van der Waals surface area contributed by atoms with Crippen molar-refractivity contribution < 1.29 is 9.50 Å². The summed E-state index contributed by atoms with van der Waals surface area (Å²) in [6.45, 7) is 5.82. The number of hydrogen-bond acceptors (Lipinski definition) is 1. The molecule has 2 heterocycles. The lowest BCUT2D eigenvalue weighted by Gasteiger charge is -2.17. The van der Waals surface area contributed by atoms with E-state index >= 15 is 0 Å². The summed E-state index contributed by atoms with van der Waals surface area (Å²) in [6.07, 6.45) is 0.859. The summed E-state index contributed by atoms with van der Waals surface area (Å²) in [5.41, 5.74) is 5.26. The molecule has 1 radical (unpaired) electrons. The van der Waals surface area contributed by atoms with Crippen LogP contribution < -0.4 is 0 Å². The standard InChI is InChI=1S/C19H20FN2O/c1-4-15-9-10-17-18(13-5-7-14(20)8-6-13)16(11-23)19(12(2)3)21-22(15)17/h5-10,12H,4,11H2,1-3H3. The Morgan fingerprint density at radius 2 is 1.83 bits per heavy atom. The Bertz CT molecular complexity index is 835. The zero-order valence-corrected chi connectivity index (χ0v) is 13.6. The number of halogens is 1. The van der Waals surface area contributed by atoms with E-state index in [1.165, 1.54) is 12.1 Å². The molecule has 4 heteroatoms. The summed E-state index contributed by atoms with van der Waals surface area (Å²) < 4.78 is 15.2. The first-order valence-electron chi connectivity index (χ1n) is 7.94. The summed E-state index contributed by atoms with van der Waals surface area (Å²) in [6, 6.07) is 10.3. The molecule has 0 bridgehead atoms. The maximum Gasteiger partial charge on any atom is 0.123 e. The van der Waals surface area contributed by atoms with Crippen LogP contribution in [0.2, 0.25) is 0 Å². The minimum absolute atomic E-state index is 0.148. The molecule has 0 N–H and O–H groups in total. The molecule has 0 fully saturated rings. The van der Waals surface area contributed by atoms with Crippen molar-refractivity contribution in [2.45, 2.75) is 39.7 Å². The van der Waals surface area contributed by atoms with Gasteiger partial charge in [0.2, 0.25) is 0 Å². The van der Waals surface area contributed by atoms with Gasteiger partial charge in [-0.1, -0.05) is 32.9 Å². The van der Waals surface area contributed by atoms with Crippen molar-refractivity contribution in [3.8, 4) is 11.1 Å². The van der Waals surface area contributed by atoms with E-state index in [2.05, 4.69) is 6.92 Å². The van der Waals surface area contributed by atoms with Crippen LogP contribution in [0.15, 0.2) is 36.4 Å². The van der Waals surface area contributed by atoms with Crippen LogP contribution in [0.3, 0.4) is 0 Å². The average Bonchev–Trinajstić information content (AvgIpc) is 2.96. The fourth-order valence-corrected chi connectivity index (χ4v) is 3.05. The quantitative estimate of drug-likeness (QED) is 0.684. The van der Waals surface area contributed by atoms with Gasteiger partial charge in [0.15, 0.2) is 0 Å². The zero-order chi connectivity index (χ0) is 16.6. The monoisotopic (exact) mass is 311 g/mol. The lowest BCUT2D eigenvalue weighted by Crippen LogP contribution is -2.09. The zero-order valence-electron chi connectivity index (χ0n) is 13.6. The molecule has 0 aliphatic heterocycles. The van der Waals surface area contributed by atoms with Crippen LogP contribution >= 0.6 is 0 Å². The van der Waals surface area contributed by atoms with Crippen LogP contribution in [0.5, 0.6) is 0 Å². The number of hydrogen-bond donors (Lipinski definition) is 0. The summed E-state index contributed by atoms with van der Waals surface area (Å²) in [5.74, 6) is -0.133. The van der Waals surface area contributed by atoms with E-state index in [0.29, 0.717) is 5.56 Å². The molecule has 0 aliphatic carbocycles. The molecule has 0 atom stereocenters. The molecular weight excluding hydrogens is 291 g/mol. The van der Waals surface area contributed by atoms with E-state index < -0.39 is 0 Å². The van der Waals surface area contributed by atoms with Crippen LogP contribution in [-0.4, -0.2) is 9.61 Å². The molecule has 0 unspecified atom stereocenters. The normalized spacial score (nSPS) is 11.6. The van der Waals surface area contributed by atoms with E-state index in [9.17, 15) is 9.50 Å². The Morgan fingerprint density at radius 1 is 1.13 bits per heavy atom. The maximum absolute atomic E-state index is 13.3. The summed E-state index contributed by atoms with van der Waals surface area (Å²) >= 11 is 0. The second-order valence-corrected chi connectivity index (χ2v) is 6.02. The minimum atomic E-state index is -0.337. The van der Waals surface area contributed by atoms with Gasteiger partial charge in [-0.15, -0.1) is 0 Å². The Balaban J connectivity index is 2.40. The molecule has 3 rings (SSSR count). The molecule has 119 valence electrons. The van der Waals surface area contributed by atoms with Crippen molar-refractivity contribution in [1.82, 2.24) is 9.61 Å². The fraction of sp³-hybridized carbons (Fsp3) is 0.316. The molecule has 2 aromatic heterocycles. The van der Waals surface area contributed by atoms with Crippen molar-refractivity contribution in [2.24, 2.45) is 0 Å². The van der Waals surface area contributed by atoms with Crippen LogP contribution in [0.25, 0.3) is 16.6 Å². The largest absolute Gasteiger partial charge is 0.237 e. The van der Waals surface area contributed by atoms with E-state index in [0.717, 1.165) is 34.5 Å². The SMILES string of the molecule is CCc1ccc2c(-c3ccc(F)cc3)c(C[O])c(C(C)C)nn12. The summed E-state index contributed by atoms with van der Waals surface area (Å²) in [5, 5.41) is 16.6. The van der Waals surface area contributed by atoms with Gasteiger partial charge in [0.1, 0.15) is 12.4 Å². The van der Waals surface area contributed by atoms with Gasteiger partial charge in [-0.25, -0.2) is 14.0 Å². The van der Waals surface area contributed by atoms with Crippen LogP contribution in [0.1, 0.15) is 43.6 Å². The van der Waals surface area contributed by atoms with E-state index in [4.69, 9.17) is 5.10 Å². The van der Waals surface area contributed by atoms with Crippen molar-refractivity contribution in [3.63, 3.8) is 0 Å². The Labute approximate surface area is 135 Å². The van der Waals surface area contributed by atoms with Crippen LogP contribution in [0, 0.1) is 5.82 Å². The number of aromatic nitrogens is 2. The van der Waals surface area contributed by atoms with Gasteiger partial charge < -0.3 is 0 Å². The Kier molecular flexibility index (Phi) is 4.18. The van der Waals surface area contributed by atoms with Crippen molar-refractivity contribution >= 4 is 5.52 Å². The van der Waals surface area contributed by atoms with Gasteiger partial charge in [0, 0.05) is 16.8 Å². The number of nitrogens with zero attached hydrogens (tertiary/aromatic N) is 2. The maximum atomic E-state index is 13.3. The summed E-state index contributed by atoms with van der Waals surface area (Å²) in [7, 11) is 0. The molecule has 23 heavy (non-hydrogen) atoms. The van der Waals surface area contributed by atoms with Crippen LogP contribution in [-0.2, 0) is 18.1 Å². The predicted molar refractivity (Wildman–Crippen MR) is 88.4 cm³/mol. The average molecular weight is 311 g/mol. The predicted octanol–water partition coefficient (Wildman–Crippen LogP) is 4.76. The highest BCUT2D eigenvalue weighted by Gasteiger charge is 2.20. The van der Waals surface area contributed by atoms with E-state index in [1.54, 1.807) is 12.1 Å². The first-order valence-corrected chi connectivity index (χ1v) is 7.94. The second kappa shape index (κ2) is 6.13. The van der Waals surface area contributed by atoms with Gasteiger partial charge in [-0.05, 0) is 42.2 Å². The molecular formula is C19H20FN2O. The Morgan fingerprint density at radius 3 is 2.39 bits per heavy atom. The molecule has 3 nitrogen and oxygen atoms in total. The molecule has 0 aliphatic rings. The van der Waals surface area contributed by atoms with Crippen LogP contribution in [0.4, 0.5) is 4.39 Å². The first kappa shape index (κ1) is 15.7. The highest BCUT2D eigenvalue weighted by molar-refractivity contribution is 5.84. The van der Waals surface area contributed by atoms with Gasteiger partial charge in [-0.3, -0.25) is 0 Å². The lowest BCUT2D eigenvalue weighted by atomic mass is 9.95. The fourth-order valence-electron chi connectivity index (χ4n) is 3.05. The van der Waals surface area contributed by atoms with Gasteiger partial charge in [0.25, 0.3) is 0 Å². The minimum Gasteiger partial charge on any atom is -0.237 e. The van der Waals surface area contributed by atoms with Crippen molar-refractivity contribution in [3.05, 3.63) is 59.2 Å².